The Balaban J connectivity index is 1.80. The van der Waals surface area contributed by atoms with Crippen molar-refractivity contribution in [3.05, 3.63) is 0 Å². The average Bonchev–Trinajstić information content (AvgIpc) is 2.40. The highest BCUT2D eigenvalue weighted by Crippen LogP contribution is 2.58. The lowest BCUT2D eigenvalue weighted by Crippen LogP contribution is -2.62. The summed E-state index contributed by atoms with van der Waals surface area (Å²) < 4.78 is 5.44. The maximum atomic E-state index is 11.3. The molecule has 0 unspecified atom stereocenters. The van der Waals surface area contributed by atoms with Crippen LogP contribution in [0.2, 0.25) is 0 Å². The van der Waals surface area contributed by atoms with Gasteiger partial charge >= 0.3 is 6.09 Å². The molecule has 0 radical (unpaired) electrons. The molecule has 0 aromatic carbocycles. The van der Waals surface area contributed by atoms with Gasteiger partial charge in [0.05, 0.1) is 5.54 Å². The van der Waals surface area contributed by atoms with Crippen LogP contribution in [0.3, 0.4) is 0 Å². The fourth-order valence-electron chi connectivity index (χ4n) is 4.72. The predicted molar refractivity (Wildman–Crippen MR) is 49.7 cm³/mol. The molecular formula is C11H15NO2. The van der Waals surface area contributed by atoms with E-state index < -0.39 is 0 Å². The zero-order valence-electron chi connectivity index (χ0n) is 8.16. The highest BCUT2D eigenvalue weighted by molar-refractivity contribution is 5.72. The van der Waals surface area contributed by atoms with Gasteiger partial charge in [-0.05, 0) is 49.9 Å². The minimum atomic E-state index is -0.164. The molecule has 1 amide bonds. The fourth-order valence-corrected chi connectivity index (χ4v) is 4.72. The van der Waals surface area contributed by atoms with Gasteiger partial charge in [-0.1, -0.05) is 0 Å². The monoisotopic (exact) mass is 193 g/mol. The first-order chi connectivity index (χ1) is 6.75. The lowest BCUT2D eigenvalue weighted by Gasteiger charge is -2.56. The van der Waals surface area contributed by atoms with Crippen molar-refractivity contribution in [1.82, 2.24) is 5.32 Å². The van der Waals surface area contributed by atoms with Gasteiger partial charge in [0.25, 0.3) is 0 Å². The molecule has 4 bridgehead atoms. The van der Waals surface area contributed by atoms with Gasteiger partial charge in [0, 0.05) is 0 Å². The maximum Gasteiger partial charge on any atom is 0.408 e. The number of hydrogen-bond donors (Lipinski definition) is 1. The third-order valence-corrected chi connectivity index (χ3v) is 4.80. The molecule has 3 nitrogen and oxygen atoms in total. The lowest BCUT2D eigenvalue weighted by molar-refractivity contribution is -0.0837. The summed E-state index contributed by atoms with van der Waals surface area (Å²) in [6, 6.07) is 0. The van der Waals surface area contributed by atoms with Crippen LogP contribution < -0.4 is 5.32 Å². The molecule has 5 fully saturated rings. The first kappa shape index (κ1) is 7.55. The van der Waals surface area contributed by atoms with E-state index in [2.05, 4.69) is 5.32 Å². The third kappa shape index (κ3) is 0.733. The molecule has 4 saturated carbocycles. The van der Waals surface area contributed by atoms with E-state index in [1.54, 1.807) is 0 Å². The van der Waals surface area contributed by atoms with E-state index in [0.717, 1.165) is 11.8 Å². The number of amides is 1. The van der Waals surface area contributed by atoms with Crippen LogP contribution in [-0.2, 0) is 4.74 Å². The topological polar surface area (TPSA) is 38.3 Å². The van der Waals surface area contributed by atoms with Crippen molar-refractivity contribution < 1.29 is 9.53 Å². The molecule has 1 spiro atoms. The van der Waals surface area contributed by atoms with Crippen LogP contribution in [0.25, 0.3) is 0 Å². The molecule has 3 atom stereocenters. The van der Waals surface area contributed by atoms with Gasteiger partial charge in [-0.15, -0.1) is 0 Å². The normalized spacial score (nSPS) is 58.1. The Bertz CT molecular complexity index is 300. The molecule has 4 aliphatic carbocycles. The maximum absolute atomic E-state index is 11.3. The largest absolute Gasteiger partial charge is 0.443 e. The average molecular weight is 193 g/mol. The predicted octanol–water partition coefficient (Wildman–Crippen LogP) is 1.67. The van der Waals surface area contributed by atoms with Crippen LogP contribution in [0.15, 0.2) is 0 Å². The Morgan fingerprint density at radius 1 is 1.21 bits per heavy atom. The van der Waals surface area contributed by atoms with Crippen molar-refractivity contribution >= 4 is 6.09 Å². The Morgan fingerprint density at radius 2 is 1.93 bits per heavy atom. The van der Waals surface area contributed by atoms with Crippen molar-refractivity contribution in [3.63, 3.8) is 0 Å². The van der Waals surface area contributed by atoms with E-state index in [9.17, 15) is 4.79 Å². The lowest BCUT2D eigenvalue weighted by atomic mass is 9.52. The summed E-state index contributed by atoms with van der Waals surface area (Å²) in [6.45, 7) is 0. The molecule has 0 aromatic heterocycles. The molecule has 0 aromatic rings. The number of alkyl carbamates (subject to hydrolysis) is 1. The number of carbonyl (C=O) groups excluding carboxylic acids is 1. The summed E-state index contributed by atoms with van der Waals surface area (Å²) in [5, 5.41) is 3.10. The smallest absolute Gasteiger partial charge is 0.408 e. The number of carbonyl (C=O) groups is 1. The van der Waals surface area contributed by atoms with Crippen LogP contribution in [-0.4, -0.2) is 17.7 Å². The highest BCUT2D eigenvalue weighted by atomic mass is 16.6. The van der Waals surface area contributed by atoms with Crippen molar-refractivity contribution in [2.24, 2.45) is 17.8 Å². The van der Waals surface area contributed by atoms with Crippen LogP contribution in [0, 0.1) is 17.8 Å². The second-order valence-corrected chi connectivity index (χ2v) is 5.71. The van der Waals surface area contributed by atoms with Crippen LogP contribution in [0.4, 0.5) is 4.79 Å². The number of hydrogen-bond acceptors (Lipinski definition) is 2. The first-order valence-electron chi connectivity index (χ1n) is 5.74. The fraction of sp³-hybridized carbons (Fsp3) is 0.909. The molecule has 14 heavy (non-hydrogen) atoms. The van der Waals surface area contributed by atoms with E-state index in [-0.39, 0.29) is 17.7 Å². The number of ether oxygens (including phenoxy) is 1. The van der Waals surface area contributed by atoms with E-state index in [4.69, 9.17) is 4.74 Å². The SMILES string of the molecule is O=C1NC23C[C@@H]4CC(C[C@H](C4)C2)[C@@H]3O1. The summed E-state index contributed by atoms with van der Waals surface area (Å²) >= 11 is 0. The van der Waals surface area contributed by atoms with Crippen LogP contribution in [0.5, 0.6) is 0 Å². The van der Waals surface area contributed by atoms with Crippen LogP contribution >= 0.6 is 0 Å². The van der Waals surface area contributed by atoms with E-state index >= 15 is 0 Å². The summed E-state index contributed by atoms with van der Waals surface area (Å²) in [7, 11) is 0. The van der Waals surface area contributed by atoms with Gasteiger partial charge < -0.3 is 10.1 Å². The van der Waals surface area contributed by atoms with Gasteiger partial charge in [0.1, 0.15) is 6.10 Å². The van der Waals surface area contributed by atoms with Gasteiger partial charge in [0.15, 0.2) is 0 Å². The molecule has 3 heteroatoms. The number of rotatable bonds is 0. The molecular weight excluding hydrogens is 178 g/mol. The summed E-state index contributed by atoms with van der Waals surface area (Å²) in [5.74, 6) is 2.40. The van der Waals surface area contributed by atoms with E-state index in [1.165, 1.54) is 32.1 Å². The standard InChI is InChI=1S/C11H15NO2/c13-10-12-11-4-6-1-7(5-11)3-8(2-6)9(11)14-10/h6-9H,1-5H2,(H,12,13)/t6-,7-,8?,9-,11?/m0/s1. The second-order valence-electron chi connectivity index (χ2n) is 5.71. The summed E-state index contributed by atoms with van der Waals surface area (Å²) in [4.78, 5) is 11.3. The summed E-state index contributed by atoms with van der Waals surface area (Å²) in [6.07, 6.45) is 6.41. The highest BCUT2D eigenvalue weighted by Gasteiger charge is 2.62. The zero-order chi connectivity index (χ0) is 9.34. The van der Waals surface area contributed by atoms with Gasteiger partial charge in [-0.2, -0.15) is 0 Å². The molecule has 1 N–H and O–H groups in total. The minimum absolute atomic E-state index is 0.0613. The molecule has 1 heterocycles. The molecule has 1 saturated heterocycles. The van der Waals surface area contributed by atoms with Gasteiger partial charge in [0.2, 0.25) is 0 Å². The van der Waals surface area contributed by atoms with Crippen LogP contribution in [0.1, 0.15) is 32.1 Å². The first-order valence-corrected chi connectivity index (χ1v) is 5.74. The minimum Gasteiger partial charge on any atom is -0.443 e. The molecule has 5 rings (SSSR count). The molecule has 5 aliphatic rings. The van der Waals surface area contributed by atoms with E-state index in [0.29, 0.717) is 5.92 Å². The van der Waals surface area contributed by atoms with Crippen molar-refractivity contribution in [1.29, 1.82) is 0 Å². The van der Waals surface area contributed by atoms with Crippen molar-refractivity contribution in [3.8, 4) is 0 Å². The Morgan fingerprint density at radius 3 is 2.64 bits per heavy atom. The van der Waals surface area contributed by atoms with Gasteiger partial charge in [-0.3, -0.25) is 0 Å². The Labute approximate surface area is 83.2 Å². The zero-order valence-corrected chi connectivity index (χ0v) is 8.16. The van der Waals surface area contributed by atoms with E-state index in [1.807, 2.05) is 0 Å². The quantitative estimate of drug-likeness (QED) is 0.635. The second kappa shape index (κ2) is 2.10. The van der Waals surface area contributed by atoms with Crippen molar-refractivity contribution in [2.75, 3.05) is 0 Å². The summed E-state index contributed by atoms with van der Waals surface area (Å²) in [5.41, 5.74) is 0.0613. The van der Waals surface area contributed by atoms with Crippen molar-refractivity contribution in [2.45, 2.75) is 43.7 Å². The van der Waals surface area contributed by atoms with Gasteiger partial charge in [-0.25, -0.2) is 4.79 Å². The molecule has 76 valence electrons. The third-order valence-electron chi connectivity index (χ3n) is 4.80. The Kier molecular flexibility index (Phi) is 1.13. The molecule has 1 aliphatic heterocycles. The number of nitrogens with one attached hydrogen (secondary N) is 1. The Hall–Kier alpha value is -0.730.